The van der Waals surface area contributed by atoms with E-state index < -0.39 is 0 Å². The first-order chi connectivity index (χ1) is 9.28. The van der Waals surface area contributed by atoms with E-state index in [1.165, 1.54) is 32.8 Å². The third-order valence-electron chi connectivity index (χ3n) is 3.28. The van der Waals surface area contributed by atoms with Crippen LogP contribution in [0.4, 0.5) is 10.6 Å². The van der Waals surface area contributed by atoms with Gasteiger partial charge in [-0.25, -0.2) is 4.79 Å². The van der Waals surface area contributed by atoms with Gasteiger partial charge in [-0.3, -0.25) is 5.32 Å². The van der Waals surface area contributed by atoms with Crippen LogP contribution in [0.3, 0.4) is 0 Å². The van der Waals surface area contributed by atoms with Crippen molar-refractivity contribution in [3.05, 3.63) is 12.1 Å². The first-order valence-electron chi connectivity index (χ1n) is 6.73. The Morgan fingerprint density at radius 2 is 1.95 bits per heavy atom. The second-order valence-electron chi connectivity index (χ2n) is 4.75. The fraction of sp³-hybridized carbons (Fsp3) is 0.615. The smallest absolute Gasteiger partial charge is 0.320 e. The molecular formula is C13H20N4O2. The predicted octanol–water partition coefficient (Wildman–Crippen LogP) is 2.33. The number of amides is 2. The Morgan fingerprint density at radius 3 is 2.53 bits per heavy atom. The molecule has 0 aromatic carbocycles. The maximum Gasteiger partial charge on any atom is 0.320 e. The van der Waals surface area contributed by atoms with Crippen molar-refractivity contribution in [1.29, 1.82) is 0 Å². The molecule has 0 unspecified atom stereocenters. The molecule has 1 aliphatic carbocycles. The average molecular weight is 264 g/mol. The van der Waals surface area contributed by atoms with E-state index in [-0.39, 0.29) is 12.1 Å². The average Bonchev–Trinajstić information content (AvgIpc) is 2.68. The van der Waals surface area contributed by atoms with E-state index >= 15 is 0 Å². The van der Waals surface area contributed by atoms with Gasteiger partial charge in [0.05, 0.1) is 7.11 Å². The summed E-state index contributed by atoms with van der Waals surface area (Å²) < 4.78 is 4.91. The Labute approximate surface area is 112 Å². The van der Waals surface area contributed by atoms with Crippen LogP contribution < -0.4 is 15.4 Å². The second-order valence-corrected chi connectivity index (χ2v) is 4.75. The van der Waals surface area contributed by atoms with Crippen molar-refractivity contribution < 1.29 is 9.53 Å². The lowest BCUT2D eigenvalue weighted by Crippen LogP contribution is -2.37. The van der Waals surface area contributed by atoms with Crippen molar-refractivity contribution in [3.8, 4) is 5.88 Å². The van der Waals surface area contributed by atoms with Gasteiger partial charge in [-0.15, -0.1) is 10.2 Å². The molecule has 1 fully saturated rings. The first kappa shape index (κ1) is 13.6. The highest BCUT2D eigenvalue weighted by atomic mass is 16.5. The Morgan fingerprint density at radius 1 is 1.21 bits per heavy atom. The number of carbonyl (C=O) groups excluding carboxylic acids is 1. The molecule has 2 rings (SSSR count). The van der Waals surface area contributed by atoms with Gasteiger partial charge in [-0.2, -0.15) is 0 Å². The van der Waals surface area contributed by atoms with Crippen LogP contribution in [0.1, 0.15) is 38.5 Å². The Kier molecular flexibility index (Phi) is 4.94. The van der Waals surface area contributed by atoms with Crippen LogP contribution in [0.2, 0.25) is 0 Å². The lowest BCUT2D eigenvalue weighted by atomic mass is 10.1. The number of ether oxygens (including phenoxy) is 1. The normalized spacial score (nSPS) is 16.5. The van der Waals surface area contributed by atoms with E-state index in [0.29, 0.717) is 11.7 Å². The second kappa shape index (κ2) is 6.92. The third-order valence-corrected chi connectivity index (χ3v) is 3.28. The monoisotopic (exact) mass is 264 g/mol. The fourth-order valence-electron chi connectivity index (χ4n) is 2.26. The number of anilines is 1. The Bertz CT molecular complexity index is 400. The number of hydrogen-bond donors (Lipinski definition) is 2. The Balaban J connectivity index is 1.82. The minimum absolute atomic E-state index is 0.216. The van der Waals surface area contributed by atoms with Gasteiger partial charge in [0.2, 0.25) is 5.88 Å². The highest BCUT2D eigenvalue weighted by Crippen LogP contribution is 2.17. The standard InChI is InChI=1S/C13H20N4O2/c1-19-12-9-8-11(16-17-12)15-13(18)14-10-6-4-2-3-5-7-10/h8-10H,2-7H2,1H3,(H2,14,15,16,18). The molecule has 104 valence electrons. The number of nitrogens with one attached hydrogen (secondary N) is 2. The highest BCUT2D eigenvalue weighted by molar-refractivity contribution is 5.88. The van der Waals surface area contributed by atoms with Crippen LogP contribution in [0, 0.1) is 0 Å². The molecule has 1 aromatic heterocycles. The minimum atomic E-state index is -0.216. The first-order valence-corrected chi connectivity index (χ1v) is 6.73. The van der Waals surface area contributed by atoms with E-state index in [4.69, 9.17) is 4.74 Å². The molecule has 1 heterocycles. The Hall–Kier alpha value is -1.85. The lowest BCUT2D eigenvalue weighted by Gasteiger charge is -2.16. The summed E-state index contributed by atoms with van der Waals surface area (Å²) in [6.07, 6.45) is 7.03. The zero-order valence-electron chi connectivity index (χ0n) is 11.2. The van der Waals surface area contributed by atoms with Gasteiger partial charge in [0.1, 0.15) is 0 Å². The van der Waals surface area contributed by atoms with Crippen LogP contribution in [-0.2, 0) is 0 Å². The molecule has 6 nitrogen and oxygen atoms in total. The summed E-state index contributed by atoms with van der Waals surface area (Å²) in [6, 6.07) is 3.38. The van der Waals surface area contributed by atoms with Gasteiger partial charge in [0, 0.05) is 12.1 Å². The van der Waals surface area contributed by atoms with Crippen molar-refractivity contribution in [2.24, 2.45) is 0 Å². The summed E-state index contributed by atoms with van der Waals surface area (Å²) >= 11 is 0. The third kappa shape index (κ3) is 4.39. The number of urea groups is 1. The van der Waals surface area contributed by atoms with E-state index in [1.54, 1.807) is 12.1 Å². The maximum absolute atomic E-state index is 11.8. The van der Waals surface area contributed by atoms with Gasteiger partial charge in [-0.05, 0) is 18.9 Å². The molecule has 0 atom stereocenters. The SMILES string of the molecule is COc1ccc(NC(=O)NC2CCCCCC2)nn1. The molecule has 1 saturated carbocycles. The molecule has 0 saturated heterocycles. The number of hydrogen-bond acceptors (Lipinski definition) is 4. The van der Waals surface area contributed by atoms with Gasteiger partial charge < -0.3 is 10.1 Å². The van der Waals surface area contributed by atoms with E-state index in [0.717, 1.165) is 12.8 Å². The molecule has 2 amide bonds. The lowest BCUT2D eigenvalue weighted by molar-refractivity contribution is 0.247. The van der Waals surface area contributed by atoms with Crippen LogP contribution in [0.5, 0.6) is 5.88 Å². The fourth-order valence-corrected chi connectivity index (χ4v) is 2.26. The zero-order valence-corrected chi connectivity index (χ0v) is 11.2. The molecule has 0 spiro atoms. The van der Waals surface area contributed by atoms with E-state index in [2.05, 4.69) is 20.8 Å². The largest absolute Gasteiger partial charge is 0.480 e. The van der Waals surface area contributed by atoms with Gasteiger partial charge in [0.25, 0.3) is 0 Å². The topological polar surface area (TPSA) is 76.1 Å². The summed E-state index contributed by atoms with van der Waals surface area (Å²) in [6.45, 7) is 0. The molecule has 2 N–H and O–H groups in total. The van der Waals surface area contributed by atoms with Crippen LogP contribution in [0.15, 0.2) is 12.1 Å². The molecule has 6 heteroatoms. The summed E-state index contributed by atoms with van der Waals surface area (Å²) in [5.74, 6) is 0.849. The number of methoxy groups -OCH3 is 1. The van der Waals surface area contributed by atoms with Crippen LogP contribution in [-0.4, -0.2) is 29.4 Å². The summed E-state index contributed by atoms with van der Waals surface area (Å²) in [5, 5.41) is 13.3. The van der Waals surface area contributed by atoms with Gasteiger partial charge in [-0.1, -0.05) is 25.7 Å². The number of nitrogens with zero attached hydrogens (tertiary/aromatic N) is 2. The van der Waals surface area contributed by atoms with E-state index in [1.807, 2.05) is 0 Å². The molecule has 19 heavy (non-hydrogen) atoms. The predicted molar refractivity (Wildman–Crippen MR) is 72.2 cm³/mol. The molecule has 1 aliphatic rings. The summed E-state index contributed by atoms with van der Waals surface area (Å²) in [4.78, 5) is 11.8. The van der Waals surface area contributed by atoms with Gasteiger partial charge >= 0.3 is 6.03 Å². The zero-order chi connectivity index (χ0) is 13.5. The summed E-state index contributed by atoms with van der Waals surface area (Å²) in [7, 11) is 1.52. The maximum atomic E-state index is 11.8. The number of aromatic nitrogens is 2. The van der Waals surface area contributed by atoms with Crippen molar-refractivity contribution in [2.75, 3.05) is 12.4 Å². The summed E-state index contributed by atoms with van der Waals surface area (Å²) in [5.41, 5.74) is 0. The van der Waals surface area contributed by atoms with Crippen LogP contribution >= 0.6 is 0 Å². The quantitative estimate of drug-likeness (QED) is 0.821. The molecule has 0 bridgehead atoms. The van der Waals surface area contributed by atoms with Crippen molar-refractivity contribution in [2.45, 2.75) is 44.6 Å². The van der Waals surface area contributed by atoms with Crippen molar-refractivity contribution in [3.63, 3.8) is 0 Å². The highest BCUT2D eigenvalue weighted by Gasteiger charge is 2.14. The van der Waals surface area contributed by atoms with Gasteiger partial charge in [0.15, 0.2) is 5.82 Å². The van der Waals surface area contributed by atoms with Crippen molar-refractivity contribution in [1.82, 2.24) is 15.5 Å². The van der Waals surface area contributed by atoms with E-state index in [9.17, 15) is 4.79 Å². The van der Waals surface area contributed by atoms with Crippen LogP contribution in [0.25, 0.3) is 0 Å². The molecular weight excluding hydrogens is 244 g/mol. The number of carbonyl (C=O) groups is 1. The van der Waals surface area contributed by atoms with Crippen molar-refractivity contribution >= 4 is 11.8 Å². The molecule has 1 aromatic rings. The molecule has 0 radical (unpaired) electrons. The minimum Gasteiger partial charge on any atom is -0.480 e. The molecule has 0 aliphatic heterocycles. The number of rotatable bonds is 3.